The van der Waals surface area contributed by atoms with Gasteiger partial charge in [0.15, 0.2) is 8.07 Å². The maximum absolute atomic E-state index is 4.21. The SMILES string of the molecule is C=CCC(CC)C1C([Si](c2ccccc2)(c2ccccc2)C2c3ccccc3-c3ccccc32)=Cc2ccccc21.[Cl-].[Cl-].[Zr+2]. The first kappa shape index (κ1) is 34.1. The van der Waals surface area contributed by atoms with E-state index in [4.69, 9.17) is 0 Å². The van der Waals surface area contributed by atoms with Gasteiger partial charge in [0.25, 0.3) is 0 Å². The number of rotatable bonds is 8. The summed E-state index contributed by atoms with van der Waals surface area (Å²) in [5, 5.41) is 4.61. The van der Waals surface area contributed by atoms with Gasteiger partial charge in [-0.1, -0.05) is 164 Å². The molecule has 2 aliphatic rings. The number of benzene rings is 5. The molecule has 0 radical (unpaired) electrons. The zero-order valence-corrected chi connectivity index (χ0v) is 29.9. The second kappa shape index (κ2) is 14.6. The third kappa shape index (κ3) is 5.39. The predicted octanol–water partition coefficient (Wildman–Crippen LogP) is 2.93. The van der Waals surface area contributed by atoms with E-state index >= 15 is 0 Å². The van der Waals surface area contributed by atoms with Crippen molar-refractivity contribution < 1.29 is 51.0 Å². The molecule has 0 nitrogen and oxygen atoms in total. The molecular formula is C40H36Cl2SiZr. The Morgan fingerprint density at radius 2 is 1.09 bits per heavy atom. The number of halogens is 2. The summed E-state index contributed by atoms with van der Waals surface area (Å²) in [6.45, 7) is 6.57. The first-order chi connectivity index (χ1) is 20.3. The van der Waals surface area contributed by atoms with Crippen LogP contribution in [0.3, 0.4) is 0 Å². The Hall–Kier alpha value is -2.74. The Labute approximate surface area is 295 Å². The van der Waals surface area contributed by atoms with Gasteiger partial charge in [0.1, 0.15) is 0 Å². The van der Waals surface area contributed by atoms with E-state index in [0.29, 0.717) is 11.8 Å². The molecule has 0 bridgehead atoms. The Bertz CT molecular complexity index is 1660. The van der Waals surface area contributed by atoms with Gasteiger partial charge in [0, 0.05) is 11.5 Å². The minimum atomic E-state index is -2.73. The summed E-state index contributed by atoms with van der Waals surface area (Å²) >= 11 is 0. The summed E-state index contributed by atoms with van der Waals surface area (Å²) in [6.07, 6.45) is 6.88. The third-order valence-electron chi connectivity index (χ3n) is 9.62. The average Bonchev–Trinajstić information content (AvgIpc) is 3.59. The molecule has 44 heavy (non-hydrogen) atoms. The van der Waals surface area contributed by atoms with Crippen molar-refractivity contribution in [3.8, 4) is 11.1 Å². The van der Waals surface area contributed by atoms with E-state index in [0.717, 1.165) is 12.8 Å². The zero-order valence-electron chi connectivity index (χ0n) is 25.0. The fourth-order valence-corrected chi connectivity index (χ4v) is 14.1. The van der Waals surface area contributed by atoms with Crippen LogP contribution in [-0.4, -0.2) is 8.07 Å². The van der Waals surface area contributed by atoms with Gasteiger partial charge in [-0.3, -0.25) is 0 Å². The largest absolute Gasteiger partial charge is 2.00 e. The van der Waals surface area contributed by atoms with Crippen molar-refractivity contribution in [1.82, 2.24) is 0 Å². The molecule has 2 unspecified atom stereocenters. The van der Waals surface area contributed by atoms with Crippen LogP contribution in [0.15, 0.2) is 151 Å². The van der Waals surface area contributed by atoms with Gasteiger partial charge in [0.05, 0.1) is 0 Å². The molecular weight excluding hydrogens is 671 g/mol. The van der Waals surface area contributed by atoms with Crippen molar-refractivity contribution in [3.05, 3.63) is 174 Å². The summed E-state index contributed by atoms with van der Waals surface area (Å²) in [6, 6.07) is 50.6. The maximum atomic E-state index is 4.21. The molecule has 0 aromatic heterocycles. The Kier molecular flexibility index (Phi) is 11.3. The van der Waals surface area contributed by atoms with Crippen molar-refractivity contribution in [2.24, 2.45) is 5.92 Å². The first-order valence-corrected chi connectivity index (χ1v) is 17.1. The van der Waals surface area contributed by atoms with Gasteiger partial charge in [-0.25, -0.2) is 0 Å². The van der Waals surface area contributed by atoms with Crippen LogP contribution in [0.25, 0.3) is 17.2 Å². The van der Waals surface area contributed by atoms with Crippen molar-refractivity contribution >= 4 is 24.5 Å². The summed E-state index contributed by atoms with van der Waals surface area (Å²) < 4.78 is 0. The van der Waals surface area contributed by atoms with E-state index in [1.54, 1.807) is 5.20 Å². The third-order valence-corrected chi connectivity index (χ3v) is 15.0. The second-order valence-electron chi connectivity index (χ2n) is 11.5. The van der Waals surface area contributed by atoms with E-state index in [1.165, 1.54) is 43.8 Å². The zero-order chi connectivity index (χ0) is 27.8. The molecule has 5 aromatic rings. The smallest absolute Gasteiger partial charge is 1.00 e. The molecule has 5 aromatic carbocycles. The van der Waals surface area contributed by atoms with Crippen molar-refractivity contribution in [1.29, 1.82) is 0 Å². The number of hydrogen-bond donors (Lipinski definition) is 0. The molecule has 0 heterocycles. The molecule has 7 rings (SSSR count). The van der Waals surface area contributed by atoms with Crippen LogP contribution in [-0.2, 0) is 26.2 Å². The molecule has 4 heteroatoms. The number of allylic oxidation sites excluding steroid dienone is 2. The minimum absolute atomic E-state index is 0. The average molecular weight is 707 g/mol. The van der Waals surface area contributed by atoms with Crippen molar-refractivity contribution in [2.75, 3.05) is 0 Å². The van der Waals surface area contributed by atoms with Crippen LogP contribution in [0.5, 0.6) is 0 Å². The summed E-state index contributed by atoms with van der Waals surface area (Å²) in [7, 11) is -2.73. The first-order valence-electron chi connectivity index (χ1n) is 15.0. The van der Waals surface area contributed by atoms with Gasteiger partial charge < -0.3 is 24.8 Å². The van der Waals surface area contributed by atoms with Gasteiger partial charge in [-0.05, 0) is 56.1 Å². The minimum Gasteiger partial charge on any atom is -1.00 e. The summed E-state index contributed by atoms with van der Waals surface area (Å²) in [5.41, 5.74) is 8.87. The van der Waals surface area contributed by atoms with Gasteiger partial charge in [-0.15, -0.1) is 6.58 Å². The van der Waals surface area contributed by atoms with Crippen LogP contribution in [0.2, 0.25) is 0 Å². The Morgan fingerprint density at radius 3 is 1.59 bits per heavy atom. The molecule has 0 saturated heterocycles. The number of hydrogen-bond acceptors (Lipinski definition) is 0. The molecule has 0 aliphatic heterocycles. The molecule has 2 atom stereocenters. The number of fused-ring (bicyclic) bond motifs is 4. The van der Waals surface area contributed by atoms with Crippen LogP contribution in [0.4, 0.5) is 0 Å². The maximum Gasteiger partial charge on any atom is 2.00 e. The van der Waals surface area contributed by atoms with Gasteiger partial charge >= 0.3 is 26.2 Å². The molecule has 0 fully saturated rings. The Balaban J connectivity index is 0.00000147. The second-order valence-corrected chi connectivity index (χ2v) is 15.5. The Morgan fingerprint density at radius 1 is 0.636 bits per heavy atom. The molecule has 0 N–H and O–H groups in total. The fraction of sp³-hybridized carbons (Fsp3) is 0.150. The van der Waals surface area contributed by atoms with Gasteiger partial charge in [0.2, 0.25) is 0 Å². The van der Waals surface area contributed by atoms with E-state index in [-0.39, 0.29) is 56.6 Å². The van der Waals surface area contributed by atoms with Crippen LogP contribution < -0.4 is 35.2 Å². The molecule has 0 amide bonds. The van der Waals surface area contributed by atoms with E-state index in [2.05, 4.69) is 159 Å². The molecule has 0 saturated carbocycles. The van der Waals surface area contributed by atoms with E-state index < -0.39 is 8.07 Å². The van der Waals surface area contributed by atoms with E-state index in [1.807, 2.05) is 0 Å². The van der Waals surface area contributed by atoms with Crippen molar-refractivity contribution in [2.45, 2.75) is 31.2 Å². The summed E-state index contributed by atoms with van der Waals surface area (Å²) in [5.74, 6) is 0.842. The van der Waals surface area contributed by atoms with Gasteiger partial charge in [-0.2, -0.15) is 0 Å². The normalized spacial score (nSPS) is 15.3. The quantitative estimate of drug-likeness (QED) is 0.172. The molecule has 0 spiro atoms. The molecule has 2 aliphatic carbocycles. The predicted molar refractivity (Wildman–Crippen MR) is 177 cm³/mol. The van der Waals surface area contributed by atoms with E-state index in [9.17, 15) is 0 Å². The monoisotopic (exact) mass is 704 g/mol. The topological polar surface area (TPSA) is 0 Å². The summed E-state index contributed by atoms with van der Waals surface area (Å²) in [4.78, 5) is 0. The van der Waals surface area contributed by atoms with Crippen LogP contribution >= 0.6 is 0 Å². The van der Waals surface area contributed by atoms with Crippen molar-refractivity contribution in [3.63, 3.8) is 0 Å². The fourth-order valence-electron chi connectivity index (χ4n) is 7.99. The van der Waals surface area contributed by atoms with Crippen LogP contribution in [0, 0.1) is 5.92 Å². The van der Waals surface area contributed by atoms with Crippen LogP contribution in [0.1, 0.15) is 53.5 Å². The molecule has 218 valence electrons. The standard InChI is InChI=1S/C40H36Si.2ClH.Zr/c1-3-17-29(4-2)39-33-23-12-11-18-30(33)28-38(39)41(31-19-7-5-8-20-31,32-21-9-6-10-22-32)40-36-26-15-13-24-34(36)35-25-14-16-27-37(35)40;;;/h3,5-16,18-29,39-40H,1,4,17H2,2H3;2*1H;/q;;;+2/p-2.